The Morgan fingerprint density at radius 1 is 1.53 bits per heavy atom. The van der Waals surface area contributed by atoms with Gasteiger partial charge in [0.25, 0.3) is 0 Å². The topological polar surface area (TPSA) is 72.7 Å². The molecule has 0 amide bonds. The second-order valence-electron chi connectivity index (χ2n) is 3.03. The molecule has 1 rings (SSSR count). The van der Waals surface area contributed by atoms with Crippen LogP contribution in [0.4, 0.5) is 4.39 Å². The van der Waals surface area contributed by atoms with Crippen LogP contribution in [0.1, 0.15) is 11.7 Å². The van der Waals surface area contributed by atoms with Crippen LogP contribution in [0.25, 0.3) is 0 Å². The summed E-state index contributed by atoms with van der Waals surface area (Å²) in [5.74, 6) is -1.90. The van der Waals surface area contributed by atoms with Gasteiger partial charge in [-0.1, -0.05) is 0 Å². The number of aliphatic hydroxyl groups excluding tert-OH is 1. The molecule has 0 aromatic heterocycles. The fourth-order valence-electron chi connectivity index (χ4n) is 1.22. The van der Waals surface area contributed by atoms with Crippen molar-refractivity contribution in [2.45, 2.75) is 6.10 Å². The summed E-state index contributed by atoms with van der Waals surface area (Å²) in [6, 6.07) is 1.03. The molecule has 0 aliphatic carbocycles. The Morgan fingerprint density at radius 3 is 2.67 bits per heavy atom. The highest BCUT2D eigenvalue weighted by atomic mass is 79.9. The Balaban J connectivity index is 3.26. The average molecular weight is 280 g/mol. The van der Waals surface area contributed by atoms with Gasteiger partial charge in [-0.15, -0.1) is 0 Å². The molecule has 0 fully saturated rings. The fourth-order valence-corrected chi connectivity index (χ4v) is 1.65. The summed E-state index contributed by atoms with van der Waals surface area (Å²) < 4.78 is 13.5. The first-order valence-electron chi connectivity index (χ1n) is 4.21. The zero-order chi connectivity index (χ0) is 11.6. The van der Waals surface area contributed by atoms with E-state index in [2.05, 4.69) is 21.2 Å². The van der Waals surface area contributed by atoms with Crippen LogP contribution >= 0.6 is 15.9 Å². The van der Waals surface area contributed by atoms with Crippen molar-refractivity contribution < 1.29 is 19.7 Å². The predicted molar refractivity (Wildman–Crippen MR) is 56.3 cm³/mol. The van der Waals surface area contributed by atoms with E-state index in [1.54, 1.807) is 7.05 Å². The van der Waals surface area contributed by atoms with Crippen LogP contribution in [-0.4, -0.2) is 28.9 Å². The van der Waals surface area contributed by atoms with E-state index < -0.39 is 23.4 Å². The number of phenolic OH excluding ortho intramolecular Hbond substituents is 2. The standard InChI is InChI=1S/C9H11BrFNO3/c1-12-3-6(14)7-8(11)4(10)2-5(13)9(7)15/h2,6,12-15H,3H2,1H3. The predicted octanol–water partition coefficient (Wildman–Crippen LogP) is 1.25. The van der Waals surface area contributed by atoms with E-state index in [1.807, 2.05) is 0 Å². The molecule has 1 aromatic rings. The maximum atomic E-state index is 13.5. The van der Waals surface area contributed by atoms with Crippen LogP contribution in [0, 0.1) is 5.82 Å². The Labute approximate surface area is 94.5 Å². The molecule has 0 heterocycles. The maximum Gasteiger partial charge on any atom is 0.166 e. The van der Waals surface area contributed by atoms with Gasteiger partial charge in [-0.3, -0.25) is 0 Å². The number of halogens is 2. The van der Waals surface area contributed by atoms with Gasteiger partial charge in [0.15, 0.2) is 11.5 Å². The van der Waals surface area contributed by atoms with E-state index in [1.165, 1.54) is 0 Å². The number of phenols is 2. The van der Waals surface area contributed by atoms with Crippen molar-refractivity contribution in [3.63, 3.8) is 0 Å². The smallest absolute Gasteiger partial charge is 0.166 e. The lowest BCUT2D eigenvalue weighted by molar-refractivity contribution is 0.167. The van der Waals surface area contributed by atoms with Gasteiger partial charge in [0.1, 0.15) is 5.82 Å². The molecule has 0 spiro atoms. The number of likely N-dealkylation sites (N-methyl/N-ethyl adjacent to an activating group) is 1. The van der Waals surface area contributed by atoms with Crippen molar-refractivity contribution in [1.82, 2.24) is 5.32 Å². The molecule has 1 unspecified atom stereocenters. The van der Waals surface area contributed by atoms with E-state index in [4.69, 9.17) is 0 Å². The first-order valence-corrected chi connectivity index (χ1v) is 5.00. The minimum atomic E-state index is -1.22. The molecular formula is C9H11BrFNO3. The fraction of sp³-hybridized carbons (Fsp3) is 0.333. The summed E-state index contributed by atoms with van der Waals surface area (Å²) in [5.41, 5.74) is -0.323. The molecule has 4 N–H and O–H groups in total. The lowest BCUT2D eigenvalue weighted by Gasteiger charge is -2.14. The third-order valence-electron chi connectivity index (χ3n) is 1.94. The van der Waals surface area contributed by atoms with Crippen LogP contribution in [0.2, 0.25) is 0 Å². The zero-order valence-electron chi connectivity index (χ0n) is 7.96. The Morgan fingerprint density at radius 2 is 2.13 bits per heavy atom. The number of hydrogen-bond donors (Lipinski definition) is 4. The molecule has 0 radical (unpaired) electrons. The number of rotatable bonds is 3. The number of benzene rings is 1. The van der Waals surface area contributed by atoms with Gasteiger partial charge in [0.05, 0.1) is 16.1 Å². The molecule has 6 heteroatoms. The third-order valence-corrected chi connectivity index (χ3v) is 2.52. The average Bonchev–Trinajstić information content (AvgIpc) is 2.16. The van der Waals surface area contributed by atoms with Crippen LogP contribution in [-0.2, 0) is 0 Å². The molecule has 0 saturated heterocycles. The van der Waals surface area contributed by atoms with Gasteiger partial charge >= 0.3 is 0 Å². The van der Waals surface area contributed by atoms with Gasteiger partial charge in [0.2, 0.25) is 0 Å². The molecule has 0 aliphatic heterocycles. The summed E-state index contributed by atoms with van der Waals surface area (Å²) in [6.07, 6.45) is -1.22. The Bertz CT molecular complexity index is 347. The van der Waals surface area contributed by atoms with E-state index in [9.17, 15) is 19.7 Å². The van der Waals surface area contributed by atoms with Crippen LogP contribution in [0.15, 0.2) is 10.5 Å². The number of hydrogen-bond acceptors (Lipinski definition) is 4. The molecule has 84 valence electrons. The first kappa shape index (κ1) is 12.2. The summed E-state index contributed by atoms with van der Waals surface area (Å²) >= 11 is 2.87. The van der Waals surface area contributed by atoms with Crippen molar-refractivity contribution in [1.29, 1.82) is 0 Å². The van der Waals surface area contributed by atoms with Gasteiger partial charge in [-0.05, 0) is 23.0 Å². The number of aliphatic hydroxyl groups is 1. The molecule has 15 heavy (non-hydrogen) atoms. The Kier molecular flexibility index (Phi) is 3.90. The van der Waals surface area contributed by atoms with Gasteiger partial charge in [-0.25, -0.2) is 4.39 Å². The highest BCUT2D eigenvalue weighted by Gasteiger charge is 2.22. The second-order valence-corrected chi connectivity index (χ2v) is 3.88. The van der Waals surface area contributed by atoms with Crippen molar-refractivity contribution in [3.05, 3.63) is 21.9 Å². The number of aromatic hydroxyl groups is 2. The molecular weight excluding hydrogens is 269 g/mol. The lowest BCUT2D eigenvalue weighted by atomic mass is 10.1. The third kappa shape index (κ3) is 2.39. The van der Waals surface area contributed by atoms with Gasteiger partial charge in [-0.2, -0.15) is 0 Å². The van der Waals surface area contributed by atoms with Crippen molar-refractivity contribution in [2.75, 3.05) is 13.6 Å². The van der Waals surface area contributed by atoms with Crippen LogP contribution in [0.5, 0.6) is 11.5 Å². The largest absolute Gasteiger partial charge is 0.504 e. The molecule has 0 saturated carbocycles. The van der Waals surface area contributed by atoms with E-state index in [0.29, 0.717) is 0 Å². The lowest BCUT2D eigenvalue weighted by Crippen LogP contribution is -2.18. The monoisotopic (exact) mass is 279 g/mol. The normalized spacial score (nSPS) is 12.8. The van der Waals surface area contributed by atoms with Crippen LogP contribution in [0.3, 0.4) is 0 Å². The summed E-state index contributed by atoms with van der Waals surface area (Å²) in [6.45, 7) is 0.0698. The maximum absolute atomic E-state index is 13.5. The van der Waals surface area contributed by atoms with Gasteiger partial charge < -0.3 is 20.6 Å². The minimum absolute atomic E-state index is 0.0112. The molecule has 0 bridgehead atoms. The Hall–Kier alpha value is -0.850. The van der Waals surface area contributed by atoms with E-state index in [0.717, 1.165) is 6.07 Å². The zero-order valence-corrected chi connectivity index (χ0v) is 9.55. The van der Waals surface area contributed by atoms with E-state index >= 15 is 0 Å². The summed E-state index contributed by atoms with van der Waals surface area (Å²) in [7, 11) is 1.58. The second kappa shape index (κ2) is 4.78. The summed E-state index contributed by atoms with van der Waals surface area (Å²) in [4.78, 5) is 0. The van der Waals surface area contributed by atoms with Gasteiger partial charge in [0, 0.05) is 12.6 Å². The minimum Gasteiger partial charge on any atom is -0.504 e. The van der Waals surface area contributed by atoms with Crippen molar-refractivity contribution >= 4 is 15.9 Å². The highest BCUT2D eigenvalue weighted by molar-refractivity contribution is 9.10. The first-order chi connectivity index (χ1) is 6.99. The summed E-state index contributed by atoms with van der Waals surface area (Å²) in [5, 5.41) is 30.8. The molecule has 1 aromatic carbocycles. The van der Waals surface area contributed by atoms with E-state index in [-0.39, 0.29) is 16.6 Å². The van der Waals surface area contributed by atoms with Crippen molar-refractivity contribution in [2.24, 2.45) is 0 Å². The molecule has 1 atom stereocenters. The highest BCUT2D eigenvalue weighted by Crippen LogP contribution is 2.38. The molecule has 0 aliphatic rings. The SMILES string of the molecule is CNCC(O)c1c(O)c(O)cc(Br)c1F. The van der Waals surface area contributed by atoms with Crippen molar-refractivity contribution in [3.8, 4) is 11.5 Å². The molecule has 4 nitrogen and oxygen atoms in total. The number of nitrogens with one attached hydrogen (secondary N) is 1. The van der Waals surface area contributed by atoms with Crippen LogP contribution < -0.4 is 5.32 Å². The quantitative estimate of drug-likeness (QED) is 0.629.